The lowest BCUT2D eigenvalue weighted by molar-refractivity contribution is 0.0507. The van der Waals surface area contributed by atoms with Crippen LogP contribution in [0.25, 0.3) is 0 Å². The van der Waals surface area contributed by atoms with Gasteiger partial charge in [0, 0.05) is 37.3 Å². The van der Waals surface area contributed by atoms with Crippen molar-refractivity contribution >= 4 is 40.7 Å². The lowest BCUT2D eigenvalue weighted by Crippen LogP contribution is -2.61. The van der Waals surface area contributed by atoms with Gasteiger partial charge in [-0.05, 0) is 62.7 Å². The first-order valence-corrected chi connectivity index (χ1v) is 13.2. The zero-order valence-corrected chi connectivity index (χ0v) is 23.4. The van der Waals surface area contributed by atoms with Crippen LogP contribution in [0, 0.1) is 12.7 Å². The van der Waals surface area contributed by atoms with Gasteiger partial charge in [-0.25, -0.2) is 19.2 Å². The molecule has 8 nitrogen and oxygen atoms in total. The number of fused-ring (bicyclic) bond motifs is 1. The van der Waals surface area contributed by atoms with Gasteiger partial charge in [-0.15, -0.1) is 0 Å². The summed E-state index contributed by atoms with van der Waals surface area (Å²) >= 11 is 5.89. The van der Waals surface area contributed by atoms with E-state index in [0.29, 0.717) is 48.9 Å². The van der Waals surface area contributed by atoms with Crippen molar-refractivity contribution < 1.29 is 19.1 Å². The van der Waals surface area contributed by atoms with Crippen LogP contribution in [0.4, 0.5) is 21.6 Å². The summed E-state index contributed by atoms with van der Waals surface area (Å²) in [4.78, 5) is 40.4. The summed E-state index contributed by atoms with van der Waals surface area (Å²) in [7, 11) is 0. The number of hydrogen-bond donors (Lipinski definition) is 1. The van der Waals surface area contributed by atoms with Gasteiger partial charge in [-0.3, -0.25) is 4.79 Å². The van der Waals surface area contributed by atoms with Gasteiger partial charge in [0.2, 0.25) is 0 Å². The van der Waals surface area contributed by atoms with Crippen molar-refractivity contribution in [3.8, 4) is 0 Å². The fraction of sp³-hybridized carbons (Fsp3) is 0.379. The van der Waals surface area contributed by atoms with E-state index in [0.717, 1.165) is 11.4 Å². The highest BCUT2D eigenvalue weighted by molar-refractivity contribution is 6.30. The number of aryl methyl sites for hydroxylation is 1. The number of amides is 1. The number of carbonyl (C=O) groups excluding carboxylic acids is 1. The molecule has 10 heteroatoms. The maximum atomic E-state index is 14.2. The van der Waals surface area contributed by atoms with Crippen LogP contribution < -0.4 is 9.80 Å². The van der Waals surface area contributed by atoms with Gasteiger partial charge in [0.05, 0.1) is 21.9 Å². The van der Waals surface area contributed by atoms with Crippen molar-refractivity contribution in [3.63, 3.8) is 0 Å². The van der Waals surface area contributed by atoms with Crippen LogP contribution >= 0.6 is 11.6 Å². The first-order chi connectivity index (χ1) is 18.3. The molecule has 2 aliphatic heterocycles. The molecule has 1 N–H and O–H groups in total. The van der Waals surface area contributed by atoms with E-state index in [2.05, 4.69) is 18.8 Å². The average molecular weight is 552 g/mol. The van der Waals surface area contributed by atoms with Crippen molar-refractivity contribution in [1.82, 2.24) is 14.9 Å². The van der Waals surface area contributed by atoms with E-state index < -0.39 is 17.3 Å². The minimum absolute atomic E-state index is 0.0316. The van der Waals surface area contributed by atoms with E-state index in [1.54, 1.807) is 31.2 Å². The molecule has 0 bridgehead atoms. The van der Waals surface area contributed by atoms with Crippen LogP contribution in [0.15, 0.2) is 42.5 Å². The van der Waals surface area contributed by atoms with Crippen LogP contribution in [0.5, 0.6) is 0 Å². The van der Waals surface area contributed by atoms with Gasteiger partial charge < -0.3 is 19.8 Å². The predicted molar refractivity (Wildman–Crippen MR) is 149 cm³/mol. The van der Waals surface area contributed by atoms with Crippen molar-refractivity contribution in [2.24, 2.45) is 0 Å². The number of aromatic carboxylic acids is 1. The SMILES string of the molecule is Cc1ccc(N2CCN(C(=O)c3ccc4c(n3)C(C)(C)CN4c3ccc(Cl)c(F)c3)C(C)(C)C2)nc1C(=O)O. The van der Waals surface area contributed by atoms with Crippen LogP contribution in [0.2, 0.25) is 5.02 Å². The molecule has 0 aliphatic carbocycles. The molecule has 0 spiro atoms. The van der Waals surface area contributed by atoms with Crippen LogP contribution in [0.3, 0.4) is 0 Å². The quantitative estimate of drug-likeness (QED) is 0.461. The maximum absolute atomic E-state index is 14.2. The summed E-state index contributed by atoms with van der Waals surface area (Å²) in [5.74, 6) is -1.14. The van der Waals surface area contributed by atoms with Gasteiger partial charge in [-0.1, -0.05) is 31.5 Å². The van der Waals surface area contributed by atoms with E-state index in [4.69, 9.17) is 16.6 Å². The van der Waals surface area contributed by atoms with E-state index >= 15 is 0 Å². The monoisotopic (exact) mass is 551 g/mol. The minimum Gasteiger partial charge on any atom is -0.477 e. The number of anilines is 3. The number of aromatic nitrogens is 2. The van der Waals surface area contributed by atoms with E-state index in [9.17, 15) is 19.1 Å². The van der Waals surface area contributed by atoms with Gasteiger partial charge in [-0.2, -0.15) is 0 Å². The molecular weight excluding hydrogens is 521 g/mol. The Morgan fingerprint density at radius 1 is 1.00 bits per heavy atom. The molecule has 5 rings (SSSR count). The molecule has 2 aliphatic rings. The first-order valence-electron chi connectivity index (χ1n) is 12.8. The standard InChI is InChI=1S/C29H31ClFN5O3/c1-17-6-11-23(33-24(17)27(38)39)34-12-13-36(29(4,5)16-34)26(37)21-9-10-22-25(32-21)28(2,3)15-35(22)18-7-8-19(30)20(31)14-18/h6-11,14H,12-13,15-16H2,1-5H3,(H,38,39). The molecule has 0 saturated carbocycles. The summed E-state index contributed by atoms with van der Waals surface area (Å²) in [6, 6.07) is 11.9. The number of halogens is 2. The summed E-state index contributed by atoms with van der Waals surface area (Å²) in [5.41, 5.74) is 2.36. The molecule has 0 atom stereocenters. The molecule has 1 fully saturated rings. The Balaban J connectivity index is 1.40. The van der Waals surface area contributed by atoms with E-state index in [-0.39, 0.29) is 22.0 Å². The zero-order valence-electron chi connectivity index (χ0n) is 22.6. The van der Waals surface area contributed by atoms with Crippen LogP contribution in [-0.4, -0.2) is 63.6 Å². The molecule has 1 saturated heterocycles. The molecule has 2 aromatic heterocycles. The summed E-state index contributed by atoms with van der Waals surface area (Å²) in [6.07, 6.45) is 0. The lowest BCUT2D eigenvalue weighted by Gasteiger charge is -2.47. The summed E-state index contributed by atoms with van der Waals surface area (Å²) in [5, 5.41) is 9.54. The molecule has 1 amide bonds. The van der Waals surface area contributed by atoms with Gasteiger partial charge in [0.25, 0.3) is 5.91 Å². The third kappa shape index (κ3) is 4.80. The number of hydrogen-bond acceptors (Lipinski definition) is 6. The third-order valence-electron chi connectivity index (χ3n) is 7.55. The molecule has 39 heavy (non-hydrogen) atoms. The Morgan fingerprint density at radius 2 is 1.74 bits per heavy atom. The Hall–Kier alpha value is -3.72. The second kappa shape index (κ2) is 9.48. The van der Waals surface area contributed by atoms with E-state index in [1.165, 1.54) is 6.07 Å². The molecule has 4 heterocycles. The van der Waals surface area contributed by atoms with Crippen molar-refractivity contribution in [2.45, 2.75) is 45.6 Å². The zero-order chi connectivity index (χ0) is 28.3. The highest BCUT2D eigenvalue weighted by atomic mass is 35.5. The molecule has 3 aromatic rings. The Kier molecular flexibility index (Phi) is 6.53. The Bertz CT molecular complexity index is 1490. The highest BCUT2D eigenvalue weighted by Crippen LogP contribution is 2.44. The molecule has 204 valence electrons. The summed E-state index contributed by atoms with van der Waals surface area (Å²) in [6.45, 7) is 11.8. The molecule has 0 unspecified atom stereocenters. The van der Waals surface area contributed by atoms with Gasteiger partial charge >= 0.3 is 5.97 Å². The first kappa shape index (κ1) is 26.9. The number of benzene rings is 1. The second-order valence-electron chi connectivity index (χ2n) is 11.5. The number of pyridine rings is 2. The number of rotatable bonds is 4. The minimum atomic E-state index is -1.06. The fourth-order valence-electron chi connectivity index (χ4n) is 5.50. The largest absolute Gasteiger partial charge is 0.477 e. The van der Waals surface area contributed by atoms with E-state index in [1.807, 2.05) is 40.7 Å². The number of carboxylic acid groups (broad SMARTS) is 1. The van der Waals surface area contributed by atoms with Crippen molar-refractivity contribution in [3.05, 3.63) is 75.9 Å². The molecular formula is C29H31ClFN5O3. The smallest absolute Gasteiger partial charge is 0.354 e. The number of carboxylic acids is 1. The molecule has 0 radical (unpaired) electrons. The number of piperazine rings is 1. The summed E-state index contributed by atoms with van der Waals surface area (Å²) < 4.78 is 14.2. The van der Waals surface area contributed by atoms with Gasteiger partial charge in [0.1, 0.15) is 17.3 Å². The van der Waals surface area contributed by atoms with Crippen molar-refractivity contribution in [2.75, 3.05) is 36.0 Å². The van der Waals surface area contributed by atoms with Crippen LogP contribution in [0.1, 0.15) is 59.9 Å². The lowest BCUT2D eigenvalue weighted by atomic mass is 9.91. The van der Waals surface area contributed by atoms with Crippen molar-refractivity contribution in [1.29, 1.82) is 0 Å². The topological polar surface area (TPSA) is 89.9 Å². The average Bonchev–Trinajstić information content (AvgIpc) is 3.15. The number of carbonyl (C=O) groups is 2. The third-order valence-corrected chi connectivity index (χ3v) is 7.86. The second-order valence-corrected chi connectivity index (χ2v) is 11.9. The fourth-order valence-corrected chi connectivity index (χ4v) is 5.62. The Morgan fingerprint density at radius 3 is 2.41 bits per heavy atom. The number of nitrogens with zero attached hydrogens (tertiary/aromatic N) is 5. The van der Waals surface area contributed by atoms with Gasteiger partial charge in [0.15, 0.2) is 5.69 Å². The normalized spacial score (nSPS) is 17.8. The Labute approximate surface area is 232 Å². The maximum Gasteiger partial charge on any atom is 0.354 e. The van der Waals surface area contributed by atoms with Crippen LogP contribution in [-0.2, 0) is 5.41 Å². The molecule has 1 aromatic carbocycles. The predicted octanol–water partition coefficient (Wildman–Crippen LogP) is 5.45. The highest BCUT2D eigenvalue weighted by Gasteiger charge is 2.41.